The summed E-state index contributed by atoms with van der Waals surface area (Å²) in [5, 5.41) is 11.9. The highest BCUT2D eigenvalue weighted by Gasteiger charge is 2.13. The van der Waals surface area contributed by atoms with Gasteiger partial charge in [-0.2, -0.15) is 5.26 Å². The van der Waals surface area contributed by atoms with Crippen molar-refractivity contribution >= 4 is 23.2 Å². The van der Waals surface area contributed by atoms with Crippen molar-refractivity contribution in [2.75, 3.05) is 5.32 Å². The number of nitrogens with zero attached hydrogens (tertiary/aromatic N) is 1. The second-order valence-corrected chi connectivity index (χ2v) is 3.86. The van der Waals surface area contributed by atoms with Gasteiger partial charge in [0.25, 0.3) is 0 Å². The Morgan fingerprint density at radius 2 is 2.41 bits per heavy atom. The summed E-state index contributed by atoms with van der Waals surface area (Å²) < 4.78 is 0. The van der Waals surface area contributed by atoms with Crippen molar-refractivity contribution in [3.63, 3.8) is 0 Å². The van der Waals surface area contributed by atoms with Gasteiger partial charge in [-0.15, -0.1) is 6.58 Å². The molecule has 5 heteroatoms. The molecule has 0 aromatic heterocycles. The third-order valence-electron chi connectivity index (χ3n) is 2.12. The number of anilines is 1. The molecule has 1 unspecified atom stereocenters. The Morgan fingerprint density at radius 1 is 1.71 bits per heavy atom. The van der Waals surface area contributed by atoms with Crippen LogP contribution in [-0.4, -0.2) is 11.9 Å². The van der Waals surface area contributed by atoms with Crippen LogP contribution < -0.4 is 11.1 Å². The standard InChI is InChI=1S/C12H12ClN3O/c1-2-3-10(15)12(17)16-11-6-9(13)5-4-8(11)7-14/h2,4-6,10H,1,3,15H2,(H,16,17). The molecule has 17 heavy (non-hydrogen) atoms. The summed E-state index contributed by atoms with van der Waals surface area (Å²) in [4.78, 5) is 11.6. The van der Waals surface area contributed by atoms with Gasteiger partial charge in [-0.05, 0) is 24.6 Å². The first-order valence-electron chi connectivity index (χ1n) is 4.95. The third-order valence-corrected chi connectivity index (χ3v) is 2.35. The summed E-state index contributed by atoms with van der Waals surface area (Å²) >= 11 is 5.79. The van der Waals surface area contributed by atoms with Crippen molar-refractivity contribution in [2.24, 2.45) is 5.73 Å². The van der Waals surface area contributed by atoms with Crippen LogP contribution in [0.4, 0.5) is 5.69 Å². The first kappa shape index (κ1) is 13.2. The molecule has 4 nitrogen and oxygen atoms in total. The van der Waals surface area contributed by atoms with Crippen molar-refractivity contribution in [2.45, 2.75) is 12.5 Å². The van der Waals surface area contributed by atoms with Crippen LogP contribution in [0.2, 0.25) is 5.02 Å². The van der Waals surface area contributed by atoms with Gasteiger partial charge in [0.1, 0.15) is 6.07 Å². The molecule has 88 valence electrons. The van der Waals surface area contributed by atoms with E-state index in [-0.39, 0.29) is 5.91 Å². The van der Waals surface area contributed by atoms with Gasteiger partial charge in [0.15, 0.2) is 0 Å². The largest absolute Gasteiger partial charge is 0.323 e. The van der Waals surface area contributed by atoms with Gasteiger partial charge in [-0.1, -0.05) is 17.7 Å². The summed E-state index contributed by atoms with van der Waals surface area (Å²) in [5.41, 5.74) is 6.31. The highest BCUT2D eigenvalue weighted by Crippen LogP contribution is 2.20. The van der Waals surface area contributed by atoms with Gasteiger partial charge < -0.3 is 11.1 Å². The number of nitrogens with two attached hydrogens (primary N) is 1. The average molecular weight is 250 g/mol. The van der Waals surface area contributed by atoms with Gasteiger partial charge in [0.2, 0.25) is 5.91 Å². The van der Waals surface area contributed by atoms with Crippen LogP contribution in [0, 0.1) is 11.3 Å². The Kier molecular flexibility index (Phi) is 4.70. The van der Waals surface area contributed by atoms with Gasteiger partial charge >= 0.3 is 0 Å². The maximum absolute atomic E-state index is 11.6. The number of benzene rings is 1. The zero-order chi connectivity index (χ0) is 12.8. The molecule has 0 saturated heterocycles. The zero-order valence-electron chi connectivity index (χ0n) is 9.11. The van der Waals surface area contributed by atoms with Crippen molar-refractivity contribution in [3.05, 3.63) is 41.4 Å². The van der Waals surface area contributed by atoms with E-state index >= 15 is 0 Å². The second-order valence-electron chi connectivity index (χ2n) is 3.42. The van der Waals surface area contributed by atoms with Gasteiger partial charge in [0.05, 0.1) is 17.3 Å². The summed E-state index contributed by atoms with van der Waals surface area (Å²) in [7, 11) is 0. The normalized spacial score (nSPS) is 11.4. The number of hydrogen-bond donors (Lipinski definition) is 2. The highest BCUT2D eigenvalue weighted by atomic mass is 35.5. The number of rotatable bonds is 4. The van der Waals surface area contributed by atoms with Crippen molar-refractivity contribution in [1.82, 2.24) is 0 Å². The van der Waals surface area contributed by atoms with Crippen LogP contribution in [0.3, 0.4) is 0 Å². The van der Waals surface area contributed by atoms with E-state index in [1.54, 1.807) is 12.1 Å². The molecule has 1 aromatic carbocycles. The maximum atomic E-state index is 11.6. The molecule has 1 aromatic rings. The first-order chi connectivity index (χ1) is 8.08. The van der Waals surface area contributed by atoms with E-state index in [1.165, 1.54) is 12.1 Å². The molecule has 0 aliphatic carbocycles. The number of amides is 1. The van der Waals surface area contributed by atoms with Crippen LogP contribution in [0.1, 0.15) is 12.0 Å². The maximum Gasteiger partial charge on any atom is 0.241 e. The molecular formula is C12H12ClN3O. The van der Waals surface area contributed by atoms with E-state index in [0.29, 0.717) is 22.7 Å². The Balaban J connectivity index is 2.88. The number of hydrogen-bond acceptors (Lipinski definition) is 3. The van der Waals surface area contributed by atoms with E-state index in [1.807, 2.05) is 6.07 Å². The van der Waals surface area contributed by atoms with Crippen LogP contribution in [0.25, 0.3) is 0 Å². The first-order valence-corrected chi connectivity index (χ1v) is 5.33. The summed E-state index contributed by atoms with van der Waals surface area (Å²) in [5.74, 6) is -0.372. The number of nitriles is 1. The van der Waals surface area contributed by atoms with Crippen molar-refractivity contribution in [1.29, 1.82) is 5.26 Å². The SMILES string of the molecule is C=CCC(N)C(=O)Nc1cc(Cl)ccc1C#N. The molecule has 0 bridgehead atoms. The fraction of sp³-hybridized carbons (Fsp3) is 0.167. The Bertz CT molecular complexity index is 479. The fourth-order valence-corrected chi connectivity index (χ4v) is 1.40. The van der Waals surface area contributed by atoms with Crippen LogP contribution in [0.15, 0.2) is 30.9 Å². The van der Waals surface area contributed by atoms with E-state index in [0.717, 1.165) is 0 Å². The van der Waals surface area contributed by atoms with Gasteiger partial charge in [-0.25, -0.2) is 0 Å². The minimum atomic E-state index is -0.682. The van der Waals surface area contributed by atoms with Crippen molar-refractivity contribution < 1.29 is 4.79 Å². The summed E-state index contributed by atoms with van der Waals surface area (Å²) in [6, 6.07) is 5.92. The van der Waals surface area contributed by atoms with E-state index in [2.05, 4.69) is 11.9 Å². The number of carbonyl (C=O) groups is 1. The topological polar surface area (TPSA) is 78.9 Å². The third kappa shape index (κ3) is 3.59. The monoisotopic (exact) mass is 249 g/mol. The number of carbonyl (C=O) groups excluding carboxylic acids is 1. The minimum Gasteiger partial charge on any atom is -0.323 e. The molecule has 0 saturated carbocycles. The molecule has 0 aliphatic heterocycles. The molecule has 3 N–H and O–H groups in total. The van der Waals surface area contributed by atoms with E-state index < -0.39 is 6.04 Å². The Hall–Kier alpha value is -1.83. The predicted molar refractivity (Wildman–Crippen MR) is 67.6 cm³/mol. The predicted octanol–water partition coefficient (Wildman–Crippen LogP) is 2.05. The Morgan fingerprint density at radius 3 is 3.00 bits per heavy atom. The molecule has 1 atom stereocenters. The molecule has 0 aliphatic rings. The summed E-state index contributed by atoms with van der Waals surface area (Å²) in [6.07, 6.45) is 1.93. The highest BCUT2D eigenvalue weighted by molar-refractivity contribution is 6.31. The molecule has 0 spiro atoms. The molecule has 1 amide bonds. The smallest absolute Gasteiger partial charge is 0.241 e. The average Bonchev–Trinajstić information content (AvgIpc) is 2.29. The molecule has 1 rings (SSSR count). The molecular weight excluding hydrogens is 238 g/mol. The van der Waals surface area contributed by atoms with Crippen LogP contribution in [-0.2, 0) is 4.79 Å². The second kappa shape index (κ2) is 6.04. The van der Waals surface area contributed by atoms with Gasteiger partial charge in [0, 0.05) is 5.02 Å². The summed E-state index contributed by atoms with van der Waals surface area (Å²) in [6.45, 7) is 3.50. The zero-order valence-corrected chi connectivity index (χ0v) is 9.87. The molecule has 0 heterocycles. The van der Waals surface area contributed by atoms with E-state index in [9.17, 15) is 4.79 Å². The molecule has 0 fully saturated rings. The lowest BCUT2D eigenvalue weighted by Crippen LogP contribution is -2.35. The van der Waals surface area contributed by atoms with Crippen LogP contribution >= 0.6 is 11.6 Å². The Labute approximate surface area is 105 Å². The lowest BCUT2D eigenvalue weighted by atomic mass is 10.1. The minimum absolute atomic E-state index is 0.341. The fourth-order valence-electron chi connectivity index (χ4n) is 1.23. The number of nitrogens with one attached hydrogen (secondary N) is 1. The van der Waals surface area contributed by atoms with Crippen molar-refractivity contribution in [3.8, 4) is 6.07 Å². The lowest BCUT2D eigenvalue weighted by Gasteiger charge is -2.11. The lowest BCUT2D eigenvalue weighted by molar-refractivity contribution is -0.117. The van der Waals surface area contributed by atoms with Gasteiger partial charge in [-0.3, -0.25) is 4.79 Å². The van der Waals surface area contributed by atoms with E-state index in [4.69, 9.17) is 22.6 Å². The number of halogens is 1. The molecule has 0 radical (unpaired) electrons. The van der Waals surface area contributed by atoms with Crippen LogP contribution in [0.5, 0.6) is 0 Å². The quantitative estimate of drug-likeness (QED) is 0.802.